The zero-order valence-electron chi connectivity index (χ0n) is 7.21. The molecule has 0 aliphatic heterocycles. The van der Waals surface area contributed by atoms with E-state index in [1.807, 2.05) is 0 Å². The summed E-state index contributed by atoms with van der Waals surface area (Å²) in [6, 6.07) is 2.85. The maximum absolute atomic E-state index is 12.3. The molecule has 0 spiro atoms. The lowest BCUT2D eigenvalue weighted by molar-refractivity contribution is -0.137. The van der Waals surface area contributed by atoms with Gasteiger partial charge in [0.05, 0.1) is 5.56 Å². The predicted octanol–water partition coefficient (Wildman–Crippen LogP) is 2.66. The van der Waals surface area contributed by atoms with E-state index in [1.54, 1.807) is 0 Å². The third-order valence-electron chi connectivity index (χ3n) is 1.83. The summed E-state index contributed by atoms with van der Waals surface area (Å²) in [6.45, 7) is 0. The van der Waals surface area contributed by atoms with Gasteiger partial charge in [0.15, 0.2) is 5.58 Å². The minimum atomic E-state index is -4.42. The van der Waals surface area contributed by atoms with Crippen molar-refractivity contribution in [3.63, 3.8) is 0 Å². The molecule has 0 saturated heterocycles. The van der Waals surface area contributed by atoms with Gasteiger partial charge >= 0.3 is 6.18 Å². The fourth-order valence-electron chi connectivity index (χ4n) is 1.17. The molecule has 1 aromatic heterocycles. The zero-order chi connectivity index (χ0) is 11.1. The molecule has 3 nitrogen and oxygen atoms in total. The first-order valence-corrected chi connectivity index (χ1v) is 3.93. The Kier molecular flexibility index (Phi) is 1.99. The molecule has 0 bridgehead atoms. The van der Waals surface area contributed by atoms with E-state index in [9.17, 15) is 18.0 Å². The van der Waals surface area contributed by atoms with Crippen molar-refractivity contribution in [1.82, 2.24) is 4.98 Å². The molecule has 0 aliphatic rings. The lowest BCUT2D eigenvalue weighted by atomic mass is 10.2. The maximum atomic E-state index is 12.3. The highest BCUT2D eigenvalue weighted by atomic mass is 19.4. The van der Waals surface area contributed by atoms with Crippen molar-refractivity contribution in [2.45, 2.75) is 6.18 Å². The summed E-state index contributed by atoms with van der Waals surface area (Å²) in [6.07, 6.45) is -4.08. The summed E-state index contributed by atoms with van der Waals surface area (Å²) < 4.78 is 41.7. The molecule has 78 valence electrons. The molecule has 0 unspecified atom stereocenters. The molecule has 15 heavy (non-hydrogen) atoms. The Balaban J connectivity index is 2.60. The summed E-state index contributed by atoms with van der Waals surface area (Å²) >= 11 is 0. The highest BCUT2D eigenvalue weighted by Gasteiger charge is 2.30. The third-order valence-corrected chi connectivity index (χ3v) is 1.83. The Morgan fingerprint density at radius 2 is 2.07 bits per heavy atom. The van der Waals surface area contributed by atoms with Gasteiger partial charge in [0.1, 0.15) is 5.52 Å². The number of hydrogen-bond acceptors (Lipinski definition) is 3. The number of halogens is 3. The predicted molar refractivity (Wildman–Crippen MR) is 44.4 cm³/mol. The molecular formula is C9H4F3NO2. The van der Waals surface area contributed by atoms with Gasteiger partial charge in [0.25, 0.3) is 5.89 Å². The maximum Gasteiger partial charge on any atom is 0.416 e. The van der Waals surface area contributed by atoms with Crippen LogP contribution < -0.4 is 0 Å². The second-order valence-corrected chi connectivity index (χ2v) is 2.85. The van der Waals surface area contributed by atoms with E-state index < -0.39 is 11.7 Å². The minimum Gasteiger partial charge on any atom is -0.434 e. The molecule has 0 atom stereocenters. The number of benzene rings is 1. The van der Waals surface area contributed by atoms with E-state index in [1.165, 1.54) is 0 Å². The number of aldehydes is 1. The second-order valence-electron chi connectivity index (χ2n) is 2.85. The number of aromatic nitrogens is 1. The third kappa shape index (κ3) is 1.70. The Bertz CT molecular complexity index is 516. The van der Waals surface area contributed by atoms with E-state index in [4.69, 9.17) is 4.42 Å². The van der Waals surface area contributed by atoms with Crippen LogP contribution in [0.25, 0.3) is 11.1 Å². The molecule has 6 heteroatoms. The number of alkyl halides is 3. The van der Waals surface area contributed by atoms with Crippen molar-refractivity contribution in [2.75, 3.05) is 0 Å². The Morgan fingerprint density at radius 3 is 2.67 bits per heavy atom. The zero-order valence-corrected chi connectivity index (χ0v) is 7.21. The van der Waals surface area contributed by atoms with Gasteiger partial charge in [-0.05, 0) is 18.2 Å². The smallest absolute Gasteiger partial charge is 0.416 e. The van der Waals surface area contributed by atoms with Crippen LogP contribution in [-0.4, -0.2) is 11.3 Å². The van der Waals surface area contributed by atoms with E-state index in [2.05, 4.69) is 4.98 Å². The van der Waals surface area contributed by atoms with Crippen LogP contribution in [0.2, 0.25) is 0 Å². The molecule has 0 saturated carbocycles. The summed E-state index contributed by atoms with van der Waals surface area (Å²) in [7, 11) is 0. The molecule has 0 fully saturated rings. The molecule has 1 heterocycles. The van der Waals surface area contributed by atoms with Gasteiger partial charge in [0, 0.05) is 0 Å². The number of rotatable bonds is 1. The van der Waals surface area contributed by atoms with E-state index in [0.29, 0.717) is 6.29 Å². The largest absolute Gasteiger partial charge is 0.434 e. The molecular weight excluding hydrogens is 211 g/mol. The lowest BCUT2D eigenvalue weighted by Gasteiger charge is -2.04. The molecule has 0 N–H and O–H groups in total. The minimum absolute atomic E-state index is 0.0203. The van der Waals surface area contributed by atoms with Crippen molar-refractivity contribution in [1.29, 1.82) is 0 Å². The summed E-state index contributed by atoms with van der Waals surface area (Å²) in [5.74, 6) is -0.232. The SMILES string of the molecule is O=Cc1nc2cc(C(F)(F)F)ccc2o1. The van der Waals surface area contributed by atoms with Crippen LogP contribution in [0.15, 0.2) is 22.6 Å². The Labute approximate surface area is 81.5 Å². The normalized spacial score (nSPS) is 11.9. The summed E-state index contributed by atoms with van der Waals surface area (Å²) in [4.78, 5) is 13.9. The van der Waals surface area contributed by atoms with E-state index in [0.717, 1.165) is 18.2 Å². The number of fused-ring (bicyclic) bond motifs is 1. The van der Waals surface area contributed by atoms with Gasteiger partial charge in [-0.3, -0.25) is 4.79 Å². The van der Waals surface area contributed by atoms with E-state index in [-0.39, 0.29) is 17.0 Å². The van der Waals surface area contributed by atoms with Crippen molar-refractivity contribution >= 4 is 17.4 Å². The first kappa shape index (κ1) is 9.70. The summed E-state index contributed by atoms with van der Waals surface area (Å²) in [5, 5.41) is 0. The number of oxazole rings is 1. The van der Waals surface area contributed by atoms with Crippen molar-refractivity contribution in [2.24, 2.45) is 0 Å². The summed E-state index contributed by atoms with van der Waals surface area (Å²) in [5.41, 5.74) is -0.641. The monoisotopic (exact) mass is 215 g/mol. The number of nitrogens with zero attached hydrogens (tertiary/aromatic N) is 1. The van der Waals surface area contributed by atoms with Gasteiger partial charge in [-0.1, -0.05) is 0 Å². The van der Waals surface area contributed by atoms with Crippen LogP contribution in [0.4, 0.5) is 13.2 Å². The van der Waals surface area contributed by atoms with Crippen LogP contribution in [0.5, 0.6) is 0 Å². The van der Waals surface area contributed by atoms with Crippen molar-refractivity contribution in [3.05, 3.63) is 29.7 Å². The van der Waals surface area contributed by atoms with Gasteiger partial charge in [-0.25, -0.2) is 4.98 Å². The topological polar surface area (TPSA) is 43.1 Å². The van der Waals surface area contributed by atoms with Crippen LogP contribution >= 0.6 is 0 Å². The van der Waals surface area contributed by atoms with Crippen LogP contribution in [0.3, 0.4) is 0 Å². The molecule has 1 aromatic carbocycles. The number of hydrogen-bond donors (Lipinski definition) is 0. The van der Waals surface area contributed by atoms with Crippen molar-refractivity contribution in [3.8, 4) is 0 Å². The standard InChI is InChI=1S/C9H4F3NO2/c10-9(11,12)5-1-2-7-6(3-5)13-8(4-14)15-7/h1-4H. The quantitative estimate of drug-likeness (QED) is 0.687. The van der Waals surface area contributed by atoms with Gasteiger partial charge in [-0.15, -0.1) is 0 Å². The van der Waals surface area contributed by atoms with Crippen LogP contribution in [-0.2, 0) is 6.18 Å². The Hall–Kier alpha value is -1.85. The average Bonchev–Trinajstić information content (AvgIpc) is 2.57. The Morgan fingerprint density at radius 1 is 1.33 bits per heavy atom. The van der Waals surface area contributed by atoms with Gasteiger partial charge < -0.3 is 4.42 Å². The lowest BCUT2D eigenvalue weighted by Crippen LogP contribution is -2.03. The molecule has 0 radical (unpaired) electrons. The fraction of sp³-hybridized carbons (Fsp3) is 0.111. The highest BCUT2D eigenvalue weighted by molar-refractivity contribution is 5.79. The van der Waals surface area contributed by atoms with Crippen LogP contribution in [0, 0.1) is 0 Å². The first-order valence-electron chi connectivity index (χ1n) is 3.93. The van der Waals surface area contributed by atoms with Gasteiger partial charge in [0.2, 0.25) is 6.29 Å². The highest BCUT2D eigenvalue weighted by Crippen LogP contribution is 2.31. The number of carbonyl (C=O) groups excluding carboxylic acids is 1. The number of carbonyl (C=O) groups is 1. The fourth-order valence-corrected chi connectivity index (χ4v) is 1.17. The van der Waals surface area contributed by atoms with Gasteiger partial charge in [-0.2, -0.15) is 13.2 Å². The molecule has 2 rings (SSSR count). The second kappa shape index (κ2) is 3.08. The first-order chi connectivity index (χ1) is 7.00. The van der Waals surface area contributed by atoms with E-state index >= 15 is 0 Å². The molecule has 2 aromatic rings. The average molecular weight is 215 g/mol. The van der Waals surface area contributed by atoms with Crippen LogP contribution in [0.1, 0.15) is 16.2 Å². The molecule has 0 aliphatic carbocycles. The molecule has 0 amide bonds. The van der Waals surface area contributed by atoms with Crippen molar-refractivity contribution < 1.29 is 22.4 Å².